The van der Waals surface area contributed by atoms with Crippen LogP contribution in [-0.2, 0) is 5.75 Å². The van der Waals surface area contributed by atoms with Crippen LogP contribution in [0, 0.1) is 5.82 Å². The largest absolute Gasteiger partial charge is 0.383 e. The number of hydrogen-bond donors (Lipinski definition) is 2. The Balaban J connectivity index is 1.86. The second-order valence-electron chi connectivity index (χ2n) is 4.88. The van der Waals surface area contributed by atoms with Crippen LogP contribution in [0.5, 0.6) is 0 Å². The zero-order chi connectivity index (χ0) is 16.2. The van der Waals surface area contributed by atoms with Crippen molar-refractivity contribution >= 4 is 17.6 Å². The number of halogens is 1. The average Bonchev–Trinajstić information content (AvgIpc) is 2.54. The predicted molar refractivity (Wildman–Crippen MR) is 90.7 cm³/mol. The van der Waals surface area contributed by atoms with Crippen LogP contribution in [-0.4, -0.2) is 9.97 Å². The smallest absolute Gasteiger partial charge is 0.261 e. The highest BCUT2D eigenvalue weighted by Crippen LogP contribution is 2.24. The summed E-state index contributed by atoms with van der Waals surface area (Å²) in [4.78, 5) is 19.2. The summed E-state index contributed by atoms with van der Waals surface area (Å²) in [6.45, 7) is 0. The standard InChI is InChI=1S/C17H14FN3OS/c18-13-9-5-4-8-12(13)10-23-17-20-15(19)14(16(22)21-17)11-6-2-1-3-7-11/h1-9H,10H2,(H3,19,20,21,22). The maximum absolute atomic E-state index is 13.6. The van der Waals surface area contributed by atoms with E-state index in [4.69, 9.17) is 5.73 Å². The van der Waals surface area contributed by atoms with Crippen molar-refractivity contribution in [1.82, 2.24) is 9.97 Å². The van der Waals surface area contributed by atoms with Gasteiger partial charge in [-0.25, -0.2) is 9.37 Å². The number of H-pyrrole nitrogens is 1. The highest BCUT2D eigenvalue weighted by Gasteiger charge is 2.12. The summed E-state index contributed by atoms with van der Waals surface area (Å²) < 4.78 is 13.6. The molecule has 6 heteroatoms. The van der Waals surface area contributed by atoms with Gasteiger partial charge in [0.15, 0.2) is 5.16 Å². The number of rotatable bonds is 4. The molecule has 3 rings (SSSR count). The molecule has 0 fully saturated rings. The van der Waals surface area contributed by atoms with Crippen LogP contribution in [0.1, 0.15) is 5.56 Å². The first-order valence-corrected chi connectivity index (χ1v) is 7.95. The first-order chi connectivity index (χ1) is 11.1. The first-order valence-electron chi connectivity index (χ1n) is 6.96. The summed E-state index contributed by atoms with van der Waals surface area (Å²) in [5.74, 6) is 0.243. The van der Waals surface area contributed by atoms with Crippen molar-refractivity contribution in [3.63, 3.8) is 0 Å². The molecule has 0 amide bonds. The van der Waals surface area contributed by atoms with Crippen molar-refractivity contribution in [1.29, 1.82) is 0 Å². The molecular weight excluding hydrogens is 313 g/mol. The molecule has 0 aliphatic carbocycles. The van der Waals surface area contributed by atoms with E-state index in [-0.39, 0.29) is 17.2 Å². The van der Waals surface area contributed by atoms with Crippen molar-refractivity contribution in [2.75, 3.05) is 5.73 Å². The summed E-state index contributed by atoms with van der Waals surface area (Å²) in [5.41, 5.74) is 7.24. The number of nitrogens with zero attached hydrogens (tertiary/aromatic N) is 1. The fourth-order valence-electron chi connectivity index (χ4n) is 2.18. The molecule has 0 radical (unpaired) electrons. The lowest BCUT2D eigenvalue weighted by Crippen LogP contribution is -2.15. The van der Waals surface area contributed by atoms with E-state index in [1.54, 1.807) is 30.3 Å². The zero-order valence-electron chi connectivity index (χ0n) is 12.1. The maximum atomic E-state index is 13.6. The summed E-state index contributed by atoms with van der Waals surface area (Å²) >= 11 is 1.23. The van der Waals surface area contributed by atoms with Gasteiger partial charge in [-0.05, 0) is 17.2 Å². The summed E-state index contributed by atoms with van der Waals surface area (Å²) in [7, 11) is 0. The number of thioether (sulfide) groups is 1. The summed E-state index contributed by atoms with van der Waals surface area (Å²) in [6, 6.07) is 15.6. The minimum Gasteiger partial charge on any atom is -0.383 e. The van der Waals surface area contributed by atoms with Crippen LogP contribution in [0.15, 0.2) is 64.5 Å². The Morgan fingerprint density at radius 3 is 2.48 bits per heavy atom. The fraction of sp³-hybridized carbons (Fsp3) is 0.0588. The van der Waals surface area contributed by atoms with Gasteiger partial charge in [0, 0.05) is 5.75 Å². The number of nitrogen functional groups attached to an aromatic ring is 1. The molecule has 0 saturated carbocycles. The molecular formula is C17H14FN3OS. The highest BCUT2D eigenvalue weighted by atomic mass is 32.2. The Morgan fingerprint density at radius 2 is 1.78 bits per heavy atom. The van der Waals surface area contributed by atoms with Gasteiger partial charge in [0.2, 0.25) is 0 Å². The van der Waals surface area contributed by atoms with Gasteiger partial charge >= 0.3 is 0 Å². The van der Waals surface area contributed by atoms with Crippen LogP contribution < -0.4 is 11.3 Å². The van der Waals surface area contributed by atoms with Crippen LogP contribution >= 0.6 is 11.8 Å². The second-order valence-corrected chi connectivity index (χ2v) is 5.84. The van der Waals surface area contributed by atoms with Gasteiger partial charge in [-0.1, -0.05) is 60.3 Å². The third kappa shape index (κ3) is 3.43. The molecule has 0 atom stereocenters. The Labute approximate surface area is 136 Å². The van der Waals surface area contributed by atoms with Crippen LogP contribution in [0.2, 0.25) is 0 Å². The summed E-state index contributed by atoms with van der Waals surface area (Å²) in [5, 5.41) is 0.371. The lowest BCUT2D eigenvalue weighted by molar-refractivity contribution is 0.617. The lowest BCUT2D eigenvalue weighted by Gasteiger charge is -2.07. The number of anilines is 1. The van der Waals surface area contributed by atoms with Crippen molar-refractivity contribution in [3.05, 3.63) is 76.3 Å². The molecule has 116 valence electrons. The fourth-order valence-corrected chi connectivity index (χ4v) is 3.04. The molecule has 0 spiro atoms. The third-order valence-electron chi connectivity index (χ3n) is 3.31. The second kappa shape index (κ2) is 6.66. The minimum absolute atomic E-state index is 0.163. The van der Waals surface area contributed by atoms with E-state index in [1.165, 1.54) is 17.8 Å². The van der Waals surface area contributed by atoms with Crippen molar-refractivity contribution < 1.29 is 4.39 Å². The maximum Gasteiger partial charge on any atom is 0.261 e. The molecule has 0 saturated heterocycles. The normalized spacial score (nSPS) is 10.7. The molecule has 0 unspecified atom stereocenters. The van der Waals surface area contributed by atoms with E-state index >= 15 is 0 Å². The number of hydrogen-bond acceptors (Lipinski definition) is 4. The van der Waals surface area contributed by atoms with Gasteiger partial charge in [-0.15, -0.1) is 0 Å². The quantitative estimate of drug-likeness (QED) is 0.569. The third-order valence-corrected chi connectivity index (χ3v) is 4.23. The monoisotopic (exact) mass is 327 g/mol. The van der Waals surface area contributed by atoms with E-state index in [9.17, 15) is 9.18 Å². The average molecular weight is 327 g/mol. The van der Waals surface area contributed by atoms with E-state index in [0.29, 0.717) is 27.6 Å². The lowest BCUT2D eigenvalue weighted by atomic mass is 10.1. The predicted octanol–water partition coefficient (Wildman–Crippen LogP) is 3.45. The van der Waals surface area contributed by atoms with Crippen LogP contribution in [0.3, 0.4) is 0 Å². The Morgan fingerprint density at radius 1 is 1.09 bits per heavy atom. The number of nitrogens with two attached hydrogens (primary N) is 1. The van der Waals surface area contributed by atoms with Crippen LogP contribution in [0.4, 0.5) is 10.2 Å². The number of aromatic amines is 1. The molecule has 2 aromatic carbocycles. The van der Waals surface area contributed by atoms with E-state index < -0.39 is 0 Å². The zero-order valence-corrected chi connectivity index (χ0v) is 12.9. The molecule has 3 N–H and O–H groups in total. The minimum atomic E-state index is -0.306. The van der Waals surface area contributed by atoms with E-state index in [1.807, 2.05) is 18.2 Å². The van der Waals surface area contributed by atoms with Crippen LogP contribution in [0.25, 0.3) is 11.1 Å². The molecule has 3 aromatic rings. The highest BCUT2D eigenvalue weighted by molar-refractivity contribution is 7.98. The molecule has 4 nitrogen and oxygen atoms in total. The Hall–Kier alpha value is -2.60. The van der Waals surface area contributed by atoms with Crippen molar-refractivity contribution in [2.45, 2.75) is 10.9 Å². The number of benzene rings is 2. The molecule has 0 aliphatic heterocycles. The van der Waals surface area contributed by atoms with Crippen molar-refractivity contribution in [2.24, 2.45) is 0 Å². The molecule has 0 bridgehead atoms. The SMILES string of the molecule is Nc1nc(SCc2ccccc2F)[nH]c(=O)c1-c1ccccc1. The molecule has 23 heavy (non-hydrogen) atoms. The van der Waals surface area contributed by atoms with Gasteiger partial charge in [0.25, 0.3) is 5.56 Å². The van der Waals surface area contributed by atoms with Gasteiger partial charge in [0.1, 0.15) is 11.6 Å². The van der Waals surface area contributed by atoms with E-state index in [2.05, 4.69) is 9.97 Å². The van der Waals surface area contributed by atoms with Gasteiger partial charge in [-0.2, -0.15) is 0 Å². The molecule has 1 aromatic heterocycles. The van der Waals surface area contributed by atoms with E-state index in [0.717, 1.165) is 0 Å². The van der Waals surface area contributed by atoms with Gasteiger partial charge in [-0.3, -0.25) is 4.79 Å². The topological polar surface area (TPSA) is 71.8 Å². The van der Waals surface area contributed by atoms with Gasteiger partial charge in [0.05, 0.1) is 5.56 Å². The number of nitrogens with one attached hydrogen (secondary N) is 1. The Kier molecular flexibility index (Phi) is 4.43. The Bertz CT molecular complexity index is 881. The summed E-state index contributed by atoms with van der Waals surface area (Å²) in [6.07, 6.45) is 0. The molecule has 0 aliphatic rings. The number of aromatic nitrogens is 2. The first kappa shape index (κ1) is 15.3. The van der Waals surface area contributed by atoms with Gasteiger partial charge < -0.3 is 10.7 Å². The molecule has 1 heterocycles. The van der Waals surface area contributed by atoms with Crippen molar-refractivity contribution in [3.8, 4) is 11.1 Å².